The minimum Gasteiger partial charge on any atom is -0.356 e. The molecule has 17 heavy (non-hydrogen) atoms. The molecule has 2 heterocycles. The summed E-state index contributed by atoms with van der Waals surface area (Å²) in [5.74, 6) is 0.0543. The van der Waals surface area contributed by atoms with Crippen LogP contribution in [0.5, 0.6) is 0 Å². The predicted octanol–water partition coefficient (Wildman–Crippen LogP) is 1.08. The van der Waals surface area contributed by atoms with E-state index in [1.165, 1.54) is 0 Å². The lowest BCUT2D eigenvalue weighted by atomic mass is 10.3. The quantitative estimate of drug-likeness (QED) is 0.844. The number of carbonyl (C=O) groups is 2. The van der Waals surface area contributed by atoms with Gasteiger partial charge in [0.05, 0.1) is 0 Å². The highest BCUT2D eigenvalue weighted by molar-refractivity contribution is 9.10. The van der Waals surface area contributed by atoms with Gasteiger partial charge in [-0.3, -0.25) is 9.59 Å². The molecule has 0 spiro atoms. The Balaban J connectivity index is 1.97. The van der Waals surface area contributed by atoms with E-state index in [9.17, 15) is 9.59 Å². The molecule has 0 saturated carbocycles. The standard InChI is InChI=1S/C11H14BrN3O2/c1-8(16)14-2-4-15(5-3-14)11(17)10-6-9(12)7-13-10/h6-7,13H,2-5H2,1H3. The zero-order chi connectivity index (χ0) is 12.4. The van der Waals surface area contributed by atoms with Crippen LogP contribution in [0.3, 0.4) is 0 Å². The fourth-order valence-electron chi connectivity index (χ4n) is 1.89. The third-order valence-electron chi connectivity index (χ3n) is 2.89. The molecule has 1 aliphatic rings. The third kappa shape index (κ3) is 2.69. The number of aromatic nitrogens is 1. The molecule has 1 N–H and O–H groups in total. The van der Waals surface area contributed by atoms with E-state index < -0.39 is 0 Å². The molecule has 0 aliphatic carbocycles. The van der Waals surface area contributed by atoms with E-state index in [0.717, 1.165) is 4.47 Å². The van der Waals surface area contributed by atoms with Crippen LogP contribution in [0.15, 0.2) is 16.7 Å². The minimum absolute atomic E-state index is 0.0149. The van der Waals surface area contributed by atoms with Crippen LogP contribution >= 0.6 is 15.9 Å². The van der Waals surface area contributed by atoms with Crippen LogP contribution in [0.25, 0.3) is 0 Å². The lowest BCUT2D eigenvalue weighted by molar-refractivity contribution is -0.130. The minimum atomic E-state index is -0.0149. The maximum absolute atomic E-state index is 12.1. The highest BCUT2D eigenvalue weighted by Crippen LogP contribution is 2.13. The maximum Gasteiger partial charge on any atom is 0.270 e. The molecule has 0 bridgehead atoms. The Kier molecular flexibility index (Phi) is 3.51. The predicted molar refractivity (Wildman–Crippen MR) is 66.7 cm³/mol. The summed E-state index contributed by atoms with van der Waals surface area (Å²) in [5.41, 5.74) is 0.577. The van der Waals surface area contributed by atoms with Crippen molar-refractivity contribution in [2.24, 2.45) is 0 Å². The summed E-state index contributed by atoms with van der Waals surface area (Å²) < 4.78 is 0.864. The fourth-order valence-corrected chi connectivity index (χ4v) is 2.23. The molecule has 0 radical (unpaired) electrons. The van der Waals surface area contributed by atoms with Crippen molar-refractivity contribution in [1.29, 1.82) is 0 Å². The molecule has 1 saturated heterocycles. The summed E-state index contributed by atoms with van der Waals surface area (Å²) >= 11 is 3.30. The van der Waals surface area contributed by atoms with E-state index in [4.69, 9.17) is 0 Å². The number of amides is 2. The van der Waals surface area contributed by atoms with E-state index in [0.29, 0.717) is 31.9 Å². The first-order valence-electron chi connectivity index (χ1n) is 5.46. The Bertz CT molecular complexity index is 436. The van der Waals surface area contributed by atoms with E-state index in [1.54, 1.807) is 29.0 Å². The van der Waals surface area contributed by atoms with Gasteiger partial charge in [-0.2, -0.15) is 0 Å². The number of nitrogens with one attached hydrogen (secondary N) is 1. The van der Waals surface area contributed by atoms with Crippen LogP contribution in [-0.2, 0) is 4.79 Å². The summed E-state index contributed by atoms with van der Waals surface area (Å²) in [7, 11) is 0. The van der Waals surface area contributed by atoms with Crippen LogP contribution in [0.2, 0.25) is 0 Å². The highest BCUT2D eigenvalue weighted by atomic mass is 79.9. The topological polar surface area (TPSA) is 56.4 Å². The molecule has 0 atom stereocenters. The van der Waals surface area contributed by atoms with Gasteiger partial charge in [0, 0.05) is 43.8 Å². The second-order valence-electron chi connectivity index (χ2n) is 4.03. The maximum atomic E-state index is 12.1. The number of hydrogen-bond donors (Lipinski definition) is 1. The van der Waals surface area contributed by atoms with Gasteiger partial charge in [-0.25, -0.2) is 0 Å². The molecule has 1 aromatic rings. The van der Waals surface area contributed by atoms with Crippen molar-refractivity contribution in [3.63, 3.8) is 0 Å². The molecule has 0 unspecified atom stereocenters. The number of rotatable bonds is 1. The van der Waals surface area contributed by atoms with Gasteiger partial charge in [0.2, 0.25) is 5.91 Å². The number of halogens is 1. The molecule has 2 rings (SSSR count). The SMILES string of the molecule is CC(=O)N1CCN(C(=O)c2cc(Br)c[nH]2)CC1. The lowest BCUT2D eigenvalue weighted by Gasteiger charge is -2.33. The molecule has 2 amide bonds. The molecule has 1 aromatic heterocycles. The molecule has 92 valence electrons. The van der Waals surface area contributed by atoms with Gasteiger partial charge in [-0.15, -0.1) is 0 Å². The summed E-state index contributed by atoms with van der Waals surface area (Å²) in [5, 5.41) is 0. The number of piperazine rings is 1. The van der Waals surface area contributed by atoms with Crippen molar-refractivity contribution in [3.8, 4) is 0 Å². The number of aromatic amines is 1. The summed E-state index contributed by atoms with van der Waals surface area (Å²) in [6.07, 6.45) is 1.74. The Labute approximate surface area is 108 Å². The summed E-state index contributed by atoms with van der Waals surface area (Å²) in [4.78, 5) is 29.7. The first kappa shape index (κ1) is 12.2. The third-order valence-corrected chi connectivity index (χ3v) is 3.35. The number of H-pyrrole nitrogens is 1. The van der Waals surface area contributed by atoms with Crippen LogP contribution < -0.4 is 0 Å². The van der Waals surface area contributed by atoms with Crippen molar-refractivity contribution in [3.05, 3.63) is 22.4 Å². The monoisotopic (exact) mass is 299 g/mol. The smallest absolute Gasteiger partial charge is 0.270 e. The normalized spacial score (nSPS) is 16.1. The molecule has 0 aromatic carbocycles. The average Bonchev–Trinajstić information content (AvgIpc) is 2.75. The Hall–Kier alpha value is -1.30. The van der Waals surface area contributed by atoms with Gasteiger partial charge in [0.25, 0.3) is 5.91 Å². The van der Waals surface area contributed by atoms with Crippen molar-refractivity contribution >= 4 is 27.7 Å². The lowest BCUT2D eigenvalue weighted by Crippen LogP contribution is -2.50. The van der Waals surface area contributed by atoms with E-state index >= 15 is 0 Å². The van der Waals surface area contributed by atoms with Gasteiger partial charge >= 0.3 is 0 Å². The van der Waals surface area contributed by atoms with Crippen LogP contribution in [0, 0.1) is 0 Å². The average molecular weight is 300 g/mol. The van der Waals surface area contributed by atoms with E-state index in [2.05, 4.69) is 20.9 Å². The van der Waals surface area contributed by atoms with Crippen molar-refractivity contribution in [2.45, 2.75) is 6.92 Å². The number of nitrogens with zero attached hydrogens (tertiary/aromatic N) is 2. The first-order valence-corrected chi connectivity index (χ1v) is 6.26. The van der Waals surface area contributed by atoms with Crippen molar-refractivity contribution < 1.29 is 9.59 Å². The first-order chi connectivity index (χ1) is 8.08. The number of hydrogen-bond acceptors (Lipinski definition) is 2. The molecule has 1 aliphatic heterocycles. The zero-order valence-electron chi connectivity index (χ0n) is 9.57. The highest BCUT2D eigenvalue weighted by Gasteiger charge is 2.23. The second-order valence-corrected chi connectivity index (χ2v) is 4.95. The second kappa shape index (κ2) is 4.91. The Morgan fingerprint density at radius 3 is 2.29 bits per heavy atom. The Morgan fingerprint density at radius 1 is 1.24 bits per heavy atom. The van der Waals surface area contributed by atoms with Crippen LogP contribution in [0.4, 0.5) is 0 Å². The van der Waals surface area contributed by atoms with Crippen LogP contribution in [0.1, 0.15) is 17.4 Å². The molecule has 1 fully saturated rings. The van der Waals surface area contributed by atoms with E-state index in [1.807, 2.05) is 0 Å². The molecular weight excluding hydrogens is 286 g/mol. The Morgan fingerprint density at radius 2 is 1.82 bits per heavy atom. The van der Waals surface area contributed by atoms with Crippen molar-refractivity contribution in [1.82, 2.24) is 14.8 Å². The van der Waals surface area contributed by atoms with Crippen molar-refractivity contribution in [2.75, 3.05) is 26.2 Å². The summed E-state index contributed by atoms with van der Waals surface area (Å²) in [6.45, 7) is 3.97. The van der Waals surface area contributed by atoms with Gasteiger partial charge in [0.15, 0.2) is 0 Å². The van der Waals surface area contributed by atoms with E-state index in [-0.39, 0.29) is 11.8 Å². The molecular formula is C11H14BrN3O2. The zero-order valence-corrected chi connectivity index (χ0v) is 11.2. The largest absolute Gasteiger partial charge is 0.356 e. The summed E-state index contributed by atoms with van der Waals surface area (Å²) in [6, 6.07) is 1.76. The molecule has 5 nitrogen and oxygen atoms in total. The molecule has 6 heteroatoms. The van der Waals surface area contributed by atoms with Gasteiger partial charge in [-0.05, 0) is 22.0 Å². The number of carbonyl (C=O) groups excluding carboxylic acids is 2. The van der Waals surface area contributed by atoms with Gasteiger partial charge in [0.1, 0.15) is 5.69 Å². The fraction of sp³-hybridized carbons (Fsp3) is 0.455. The van der Waals surface area contributed by atoms with Gasteiger partial charge in [-0.1, -0.05) is 0 Å². The van der Waals surface area contributed by atoms with Gasteiger partial charge < -0.3 is 14.8 Å². The van der Waals surface area contributed by atoms with Crippen LogP contribution in [-0.4, -0.2) is 52.8 Å².